The number of hydrogen-bond acceptors (Lipinski definition) is 4. The smallest absolute Gasteiger partial charge is 0.262 e. The van der Waals surface area contributed by atoms with Crippen LogP contribution in [0.25, 0.3) is 0 Å². The van der Waals surface area contributed by atoms with Gasteiger partial charge in [-0.3, -0.25) is 9.52 Å². The molecule has 122 valence electrons. The average Bonchev–Trinajstić information content (AvgIpc) is 2.84. The zero-order chi connectivity index (χ0) is 16.6. The molecule has 3 N–H and O–H groups in total. The molecular weight excluding hydrogens is 339 g/mol. The van der Waals surface area contributed by atoms with Gasteiger partial charge in [0.2, 0.25) is 0 Å². The fraction of sp³-hybridized carbons (Fsp3) is 0.267. The topological polar surface area (TPSA) is 89.3 Å². The second-order valence-corrected chi connectivity index (χ2v) is 8.13. The Balaban J connectivity index is 2.01. The van der Waals surface area contributed by atoms with Gasteiger partial charge in [0.05, 0.1) is 10.5 Å². The zero-order valence-electron chi connectivity index (χ0n) is 12.1. The summed E-state index contributed by atoms with van der Waals surface area (Å²) in [5.41, 5.74) is 6.56. The molecule has 1 heterocycles. The summed E-state index contributed by atoms with van der Waals surface area (Å²) in [5.74, 6) is -1.16. The van der Waals surface area contributed by atoms with E-state index in [1.54, 1.807) is 0 Å². The van der Waals surface area contributed by atoms with Gasteiger partial charge in [-0.2, -0.15) is 0 Å². The molecule has 0 atom stereocenters. The Labute approximate surface area is 137 Å². The summed E-state index contributed by atoms with van der Waals surface area (Å²) in [6.45, 7) is 0. The molecule has 0 bridgehead atoms. The Bertz CT molecular complexity index is 858. The van der Waals surface area contributed by atoms with Crippen LogP contribution in [0.5, 0.6) is 0 Å². The lowest BCUT2D eigenvalue weighted by Gasteiger charge is -2.11. The zero-order valence-corrected chi connectivity index (χ0v) is 13.8. The van der Waals surface area contributed by atoms with E-state index in [1.165, 1.54) is 23.5 Å². The number of nitrogens with two attached hydrogens (primary N) is 1. The first kappa shape index (κ1) is 15.9. The van der Waals surface area contributed by atoms with E-state index in [4.69, 9.17) is 5.73 Å². The molecule has 3 rings (SSSR count). The van der Waals surface area contributed by atoms with Crippen molar-refractivity contribution >= 4 is 32.3 Å². The normalized spacial score (nSPS) is 14.3. The second-order valence-electron chi connectivity index (χ2n) is 5.34. The number of benzene rings is 1. The third-order valence-electron chi connectivity index (χ3n) is 3.77. The van der Waals surface area contributed by atoms with Crippen LogP contribution in [0.1, 0.15) is 33.6 Å². The van der Waals surface area contributed by atoms with Crippen molar-refractivity contribution < 1.29 is 17.6 Å². The van der Waals surface area contributed by atoms with E-state index in [0.29, 0.717) is 0 Å². The van der Waals surface area contributed by atoms with Gasteiger partial charge in [0.25, 0.3) is 15.9 Å². The summed E-state index contributed by atoms with van der Waals surface area (Å²) in [7, 11) is -3.90. The lowest BCUT2D eigenvalue weighted by atomic mass is 9.95. The Morgan fingerprint density at radius 3 is 2.48 bits per heavy atom. The van der Waals surface area contributed by atoms with E-state index in [0.717, 1.165) is 48.3 Å². The molecule has 1 aliphatic rings. The molecule has 1 aromatic heterocycles. The van der Waals surface area contributed by atoms with Gasteiger partial charge in [-0.05, 0) is 55.5 Å². The molecule has 1 aliphatic carbocycles. The average molecular weight is 354 g/mol. The fourth-order valence-electron chi connectivity index (χ4n) is 2.69. The first-order valence-corrected chi connectivity index (χ1v) is 9.41. The number of primary amides is 1. The summed E-state index contributed by atoms with van der Waals surface area (Å²) in [6.07, 6.45) is 3.50. The molecular formula is C15H15FN2O3S2. The maximum absolute atomic E-state index is 13.0. The number of nitrogens with one attached hydrogen (secondary N) is 1. The lowest BCUT2D eigenvalue weighted by Crippen LogP contribution is -2.18. The van der Waals surface area contributed by atoms with Crippen LogP contribution in [0.3, 0.4) is 0 Å². The van der Waals surface area contributed by atoms with E-state index in [9.17, 15) is 17.6 Å². The number of rotatable bonds is 4. The molecule has 0 saturated carbocycles. The molecule has 1 aromatic carbocycles. The highest BCUT2D eigenvalue weighted by Crippen LogP contribution is 2.38. The maximum Gasteiger partial charge on any atom is 0.262 e. The number of anilines is 1. The first-order valence-electron chi connectivity index (χ1n) is 7.11. The van der Waals surface area contributed by atoms with E-state index in [2.05, 4.69) is 4.72 Å². The van der Waals surface area contributed by atoms with Gasteiger partial charge in [0.15, 0.2) is 0 Å². The Morgan fingerprint density at radius 2 is 1.83 bits per heavy atom. The molecule has 2 aromatic rings. The summed E-state index contributed by atoms with van der Waals surface area (Å²) in [4.78, 5) is 12.7. The predicted octanol–water partition coefficient (Wildman–Crippen LogP) is 2.67. The number of halogens is 1. The minimum Gasteiger partial charge on any atom is -0.365 e. The number of carbonyl (C=O) groups is 1. The molecule has 0 fully saturated rings. The highest BCUT2D eigenvalue weighted by atomic mass is 32.2. The number of hydrogen-bond donors (Lipinski definition) is 2. The summed E-state index contributed by atoms with van der Waals surface area (Å²) in [5, 5.41) is 0.244. The molecule has 0 radical (unpaired) electrons. The van der Waals surface area contributed by atoms with Gasteiger partial charge in [-0.25, -0.2) is 12.8 Å². The third kappa shape index (κ3) is 3.09. The Hall–Kier alpha value is -1.93. The second kappa shape index (κ2) is 5.93. The number of fused-ring (bicyclic) bond motifs is 1. The first-order chi connectivity index (χ1) is 10.9. The minimum atomic E-state index is -3.90. The van der Waals surface area contributed by atoms with Crippen molar-refractivity contribution in [3.63, 3.8) is 0 Å². The molecule has 0 aliphatic heterocycles. The van der Waals surface area contributed by atoms with Crippen molar-refractivity contribution in [1.29, 1.82) is 0 Å². The van der Waals surface area contributed by atoms with Gasteiger partial charge in [0.1, 0.15) is 10.8 Å². The Kier molecular flexibility index (Phi) is 4.11. The highest BCUT2D eigenvalue weighted by Gasteiger charge is 2.26. The summed E-state index contributed by atoms with van der Waals surface area (Å²) in [6, 6.07) is 4.50. The molecule has 8 heteroatoms. The monoisotopic (exact) mass is 354 g/mol. The Morgan fingerprint density at radius 1 is 1.17 bits per heavy atom. The van der Waals surface area contributed by atoms with E-state index >= 15 is 0 Å². The number of thiophene rings is 1. The highest BCUT2D eigenvalue weighted by molar-refractivity contribution is 7.93. The summed E-state index contributed by atoms with van der Waals surface area (Å²) >= 11 is 1.25. The maximum atomic E-state index is 13.0. The van der Waals surface area contributed by atoms with Crippen LogP contribution < -0.4 is 10.5 Å². The van der Waals surface area contributed by atoms with Crippen molar-refractivity contribution in [3.05, 3.63) is 46.1 Å². The van der Waals surface area contributed by atoms with Crippen LogP contribution in [0.2, 0.25) is 0 Å². The number of aryl methyl sites for hydroxylation is 1. The quantitative estimate of drug-likeness (QED) is 0.884. The van der Waals surface area contributed by atoms with Crippen LogP contribution >= 0.6 is 11.3 Å². The standard InChI is InChI=1S/C15H15FN2O3S2/c16-9-5-7-10(8-6-9)23(20,21)18-15-13(14(17)19)11-3-1-2-4-12(11)22-15/h5-8,18H,1-4H2,(H2,17,19). The van der Waals surface area contributed by atoms with Crippen molar-refractivity contribution in [1.82, 2.24) is 0 Å². The summed E-state index contributed by atoms with van der Waals surface area (Å²) < 4.78 is 40.2. The van der Waals surface area contributed by atoms with Gasteiger partial charge >= 0.3 is 0 Å². The van der Waals surface area contributed by atoms with Crippen molar-refractivity contribution in [2.24, 2.45) is 5.73 Å². The molecule has 1 amide bonds. The van der Waals surface area contributed by atoms with Gasteiger partial charge in [0, 0.05) is 4.88 Å². The molecule has 0 unspecified atom stereocenters. The third-order valence-corrected chi connectivity index (χ3v) is 6.47. The van der Waals surface area contributed by atoms with Gasteiger partial charge in [-0.1, -0.05) is 0 Å². The number of carbonyl (C=O) groups excluding carboxylic acids is 1. The minimum absolute atomic E-state index is 0.0688. The molecule has 0 spiro atoms. The fourth-order valence-corrected chi connectivity index (χ4v) is 5.29. The van der Waals surface area contributed by atoms with Crippen molar-refractivity contribution in [3.8, 4) is 0 Å². The van der Waals surface area contributed by atoms with E-state index in [-0.39, 0.29) is 15.5 Å². The molecule has 23 heavy (non-hydrogen) atoms. The van der Waals surface area contributed by atoms with Crippen LogP contribution in [0.15, 0.2) is 29.2 Å². The van der Waals surface area contributed by atoms with Crippen LogP contribution in [0.4, 0.5) is 9.39 Å². The predicted molar refractivity (Wildman–Crippen MR) is 86.7 cm³/mol. The lowest BCUT2D eigenvalue weighted by molar-refractivity contribution is 0.100. The molecule has 5 nitrogen and oxygen atoms in total. The number of amides is 1. The van der Waals surface area contributed by atoms with Gasteiger partial charge < -0.3 is 5.73 Å². The van der Waals surface area contributed by atoms with Crippen LogP contribution in [-0.4, -0.2) is 14.3 Å². The van der Waals surface area contributed by atoms with Crippen LogP contribution in [-0.2, 0) is 22.9 Å². The van der Waals surface area contributed by atoms with E-state index in [1.807, 2.05) is 0 Å². The largest absolute Gasteiger partial charge is 0.365 e. The van der Waals surface area contributed by atoms with Crippen molar-refractivity contribution in [2.45, 2.75) is 30.6 Å². The number of sulfonamides is 1. The van der Waals surface area contributed by atoms with E-state index < -0.39 is 21.7 Å². The van der Waals surface area contributed by atoms with Gasteiger partial charge in [-0.15, -0.1) is 11.3 Å². The molecule has 0 saturated heterocycles. The van der Waals surface area contributed by atoms with Crippen LogP contribution in [0, 0.1) is 5.82 Å². The SMILES string of the molecule is NC(=O)c1c(NS(=O)(=O)c2ccc(F)cc2)sc2c1CCCC2. The van der Waals surface area contributed by atoms with Crippen molar-refractivity contribution in [2.75, 3.05) is 4.72 Å².